The number of fused-ring (bicyclic) bond motifs is 1. The smallest absolute Gasteiger partial charge is 0.248 e. The van der Waals surface area contributed by atoms with Gasteiger partial charge >= 0.3 is 0 Å². The number of benzene rings is 1. The van der Waals surface area contributed by atoms with Gasteiger partial charge in [-0.2, -0.15) is 0 Å². The van der Waals surface area contributed by atoms with Crippen LogP contribution in [0.5, 0.6) is 5.75 Å². The van der Waals surface area contributed by atoms with Crippen LogP contribution < -0.4 is 15.6 Å². The number of nitrogens with one attached hydrogen (secondary N) is 2. The van der Waals surface area contributed by atoms with Gasteiger partial charge in [-0.05, 0) is 43.0 Å². The molecule has 5 nitrogen and oxygen atoms in total. The first-order valence-corrected chi connectivity index (χ1v) is 8.90. The molecule has 1 aromatic carbocycles. The number of para-hydroxylation sites is 1. The van der Waals surface area contributed by atoms with Crippen molar-refractivity contribution in [3.63, 3.8) is 0 Å². The minimum absolute atomic E-state index is 0.0447. The molecule has 0 spiro atoms. The fraction of sp³-hybridized carbons (Fsp3) is 0.286. The highest BCUT2D eigenvalue weighted by molar-refractivity contribution is 5.40. The van der Waals surface area contributed by atoms with Crippen LogP contribution >= 0.6 is 0 Å². The zero-order valence-corrected chi connectivity index (χ0v) is 14.7. The lowest BCUT2D eigenvalue weighted by molar-refractivity contribution is 0.361. The van der Waals surface area contributed by atoms with Gasteiger partial charge < -0.3 is 14.1 Å². The molecular formula is C21H22N2O3. The molecule has 1 aliphatic rings. The molecule has 5 heteroatoms. The maximum atomic E-state index is 11.7. The van der Waals surface area contributed by atoms with E-state index in [9.17, 15) is 4.79 Å². The fourth-order valence-corrected chi connectivity index (χ4v) is 3.76. The van der Waals surface area contributed by atoms with Crippen LogP contribution in [0.25, 0.3) is 0 Å². The number of furan rings is 1. The van der Waals surface area contributed by atoms with E-state index in [2.05, 4.69) is 16.4 Å². The molecule has 2 N–H and O–H groups in total. The van der Waals surface area contributed by atoms with E-state index in [1.807, 2.05) is 36.4 Å². The Bertz CT molecular complexity index is 930. The first-order valence-electron chi connectivity index (χ1n) is 8.90. The number of aromatic amines is 1. The molecule has 0 radical (unpaired) electrons. The van der Waals surface area contributed by atoms with E-state index >= 15 is 0 Å². The summed E-state index contributed by atoms with van der Waals surface area (Å²) in [6.45, 7) is 0. The van der Waals surface area contributed by atoms with Gasteiger partial charge in [0.25, 0.3) is 0 Å². The van der Waals surface area contributed by atoms with Crippen LogP contribution in [0.4, 0.5) is 0 Å². The van der Waals surface area contributed by atoms with E-state index in [1.54, 1.807) is 19.4 Å². The summed E-state index contributed by atoms with van der Waals surface area (Å²) in [5.74, 6) is 1.66. The van der Waals surface area contributed by atoms with Gasteiger partial charge in [0, 0.05) is 23.4 Å². The molecule has 0 unspecified atom stereocenters. The van der Waals surface area contributed by atoms with E-state index in [4.69, 9.17) is 9.15 Å². The van der Waals surface area contributed by atoms with Crippen LogP contribution in [0.1, 0.15) is 47.5 Å². The van der Waals surface area contributed by atoms with Crippen LogP contribution in [-0.2, 0) is 6.42 Å². The number of methoxy groups -OCH3 is 1. The molecule has 0 saturated carbocycles. The Morgan fingerprint density at radius 2 is 2.08 bits per heavy atom. The van der Waals surface area contributed by atoms with Crippen LogP contribution in [0, 0.1) is 0 Å². The lowest BCUT2D eigenvalue weighted by Crippen LogP contribution is -2.31. The molecule has 4 rings (SSSR count). The lowest BCUT2D eigenvalue weighted by Gasteiger charge is -2.30. The van der Waals surface area contributed by atoms with Gasteiger partial charge in [-0.15, -0.1) is 0 Å². The summed E-state index contributed by atoms with van der Waals surface area (Å²) in [7, 11) is 1.68. The maximum absolute atomic E-state index is 11.7. The Balaban J connectivity index is 1.72. The average Bonchev–Trinajstić information content (AvgIpc) is 3.20. The summed E-state index contributed by atoms with van der Waals surface area (Å²) in [4.78, 5) is 14.6. The number of pyridine rings is 1. The maximum Gasteiger partial charge on any atom is 0.248 e. The molecule has 2 heterocycles. The number of H-pyrrole nitrogens is 1. The highest BCUT2D eigenvalue weighted by Crippen LogP contribution is 2.35. The zero-order chi connectivity index (χ0) is 17.9. The fourth-order valence-electron chi connectivity index (χ4n) is 3.76. The highest BCUT2D eigenvalue weighted by atomic mass is 16.5. The van der Waals surface area contributed by atoms with E-state index < -0.39 is 0 Å². The highest BCUT2D eigenvalue weighted by Gasteiger charge is 2.27. The molecule has 2 atom stereocenters. The third-order valence-electron chi connectivity index (χ3n) is 4.98. The molecule has 134 valence electrons. The summed E-state index contributed by atoms with van der Waals surface area (Å²) in [6.07, 6.45) is 4.63. The largest absolute Gasteiger partial charge is 0.496 e. The summed E-state index contributed by atoms with van der Waals surface area (Å²) < 4.78 is 11.3. The van der Waals surface area contributed by atoms with E-state index in [0.29, 0.717) is 0 Å². The van der Waals surface area contributed by atoms with Gasteiger partial charge in [-0.25, -0.2) is 0 Å². The zero-order valence-electron chi connectivity index (χ0n) is 14.7. The standard InChI is InChI=1S/C21H22N2O3/c1-25-18-9-3-2-6-15(18)21(19-10-5-13-26-19)23-17-8-4-7-16-14(17)11-12-20(24)22-16/h2-3,5-6,9-13,17,21,23H,4,7-8H2,1H3,(H,22,24)/t17-,21+/m1/s1. The average molecular weight is 350 g/mol. The Morgan fingerprint density at radius 3 is 2.88 bits per heavy atom. The third-order valence-corrected chi connectivity index (χ3v) is 4.98. The van der Waals surface area contributed by atoms with Crippen LogP contribution in [0.15, 0.2) is 64.0 Å². The van der Waals surface area contributed by atoms with Gasteiger partial charge in [0.05, 0.1) is 19.4 Å². The Kier molecular flexibility index (Phi) is 4.63. The van der Waals surface area contributed by atoms with Crippen molar-refractivity contribution < 1.29 is 9.15 Å². The van der Waals surface area contributed by atoms with E-state index in [1.165, 1.54) is 0 Å². The molecule has 3 aromatic rings. The molecule has 1 aliphatic carbocycles. The molecular weight excluding hydrogens is 328 g/mol. The molecule has 26 heavy (non-hydrogen) atoms. The normalized spacial score (nSPS) is 17.5. The second kappa shape index (κ2) is 7.22. The molecule has 0 aliphatic heterocycles. The van der Waals surface area contributed by atoms with Crippen molar-refractivity contribution >= 4 is 0 Å². The summed E-state index contributed by atoms with van der Waals surface area (Å²) in [6, 6.07) is 15.4. The van der Waals surface area contributed by atoms with Crippen molar-refractivity contribution in [3.05, 3.63) is 87.7 Å². The van der Waals surface area contributed by atoms with Crippen molar-refractivity contribution in [2.24, 2.45) is 0 Å². The molecule has 2 aromatic heterocycles. The van der Waals surface area contributed by atoms with Gasteiger partial charge in [0.2, 0.25) is 5.56 Å². The first kappa shape index (κ1) is 16.7. The van der Waals surface area contributed by atoms with Gasteiger partial charge in [-0.3, -0.25) is 10.1 Å². The Hall–Kier alpha value is -2.79. The third kappa shape index (κ3) is 3.18. The van der Waals surface area contributed by atoms with Crippen molar-refractivity contribution in [1.82, 2.24) is 10.3 Å². The van der Waals surface area contributed by atoms with E-state index in [0.717, 1.165) is 47.6 Å². The Morgan fingerprint density at radius 1 is 1.19 bits per heavy atom. The van der Waals surface area contributed by atoms with Crippen molar-refractivity contribution in [1.29, 1.82) is 0 Å². The summed E-state index contributed by atoms with van der Waals surface area (Å²) in [5.41, 5.74) is 3.17. The van der Waals surface area contributed by atoms with Crippen LogP contribution in [0.2, 0.25) is 0 Å². The number of ether oxygens (including phenoxy) is 1. The van der Waals surface area contributed by atoms with Crippen LogP contribution in [0.3, 0.4) is 0 Å². The summed E-state index contributed by atoms with van der Waals surface area (Å²) >= 11 is 0. The summed E-state index contributed by atoms with van der Waals surface area (Å²) in [5, 5.41) is 3.73. The first-order chi connectivity index (χ1) is 12.8. The quantitative estimate of drug-likeness (QED) is 0.736. The van der Waals surface area contributed by atoms with Crippen molar-refractivity contribution in [2.45, 2.75) is 31.3 Å². The molecule has 0 amide bonds. The second-order valence-electron chi connectivity index (χ2n) is 6.56. The molecule has 0 bridgehead atoms. The number of rotatable bonds is 5. The molecule has 0 fully saturated rings. The predicted octanol–water partition coefficient (Wildman–Crippen LogP) is 3.73. The van der Waals surface area contributed by atoms with Gasteiger partial charge in [0.1, 0.15) is 11.5 Å². The Labute approximate surface area is 152 Å². The molecule has 0 saturated heterocycles. The van der Waals surface area contributed by atoms with Crippen molar-refractivity contribution in [3.8, 4) is 5.75 Å². The van der Waals surface area contributed by atoms with Crippen LogP contribution in [-0.4, -0.2) is 12.1 Å². The van der Waals surface area contributed by atoms with Gasteiger partial charge in [0.15, 0.2) is 0 Å². The van der Waals surface area contributed by atoms with Crippen molar-refractivity contribution in [2.75, 3.05) is 7.11 Å². The number of hydrogen-bond donors (Lipinski definition) is 2. The monoisotopic (exact) mass is 350 g/mol. The van der Waals surface area contributed by atoms with E-state index in [-0.39, 0.29) is 17.6 Å². The number of aromatic nitrogens is 1. The van der Waals surface area contributed by atoms with Gasteiger partial charge in [-0.1, -0.05) is 24.3 Å². The lowest BCUT2D eigenvalue weighted by atomic mass is 9.89. The number of aryl methyl sites for hydroxylation is 1. The predicted molar refractivity (Wildman–Crippen MR) is 99.4 cm³/mol. The SMILES string of the molecule is COc1ccccc1[C@H](N[C@@H]1CCCc2[nH]c(=O)ccc21)c1ccco1. The minimum atomic E-state index is -0.135. The topological polar surface area (TPSA) is 67.3 Å². The minimum Gasteiger partial charge on any atom is -0.496 e. The number of hydrogen-bond acceptors (Lipinski definition) is 4. The second-order valence-corrected chi connectivity index (χ2v) is 6.56.